The molecule has 0 saturated carbocycles. The van der Waals surface area contributed by atoms with Gasteiger partial charge in [0.15, 0.2) is 0 Å². The van der Waals surface area contributed by atoms with Crippen LogP contribution in [0.25, 0.3) is 22.3 Å². The lowest BCUT2D eigenvalue weighted by Gasteiger charge is -2.29. The van der Waals surface area contributed by atoms with Crippen LogP contribution in [0, 0.1) is 0 Å². The Kier molecular flexibility index (Phi) is 10.7. The molecule has 8 heteroatoms. The van der Waals surface area contributed by atoms with Gasteiger partial charge in [-0.3, -0.25) is 19.7 Å². The van der Waals surface area contributed by atoms with Gasteiger partial charge in [-0.05, 0) is 119 Å². The van der Waals surface area contributed by atoms with Crippen molar-refractivity contribution in [3.05, 3.63) is 149 Å². The highest BCUT2D eigenvalue weighted by atomic mass is 16.5. The molecule has 1 atom stereocenters. The standard InChI is InChI=1S/C45H43N3O5/c1-2-39(31-8-4-3-5-9-31)43(32-12-19-37(49)20-13-32)33-14-21-38(22-15-33)53-27-7-6-26-46-36-17-10-30(11-18-36)34-16-23-40-35(28-34)29-48(45(40)52)41-24-25-42(50)47-44(41)51/h3-5,8-23,28,41,46,49H,2,6-7,24-27,29H2,1H3,(H,47,50,51)/b43-39-. The summed E-state index contributed by atoms with van der Waals surface area (Å²) < 4.78 is 6.11. The van der Waals surface area contributed by atoms with Gasteiger partial charge in [-0.1, -0.05) is 79.7 Å². The Labute approximate surface area is 310 Å². The third-order valence-corrected chi connectivity index (χ3v) is 9.99. The Morgan fingerprint density at radius 3 is 2.21 bits per heavy atom. The molecule has 53 heavy (non-hydrogen) atoms. The molecule has 268 valence electrons. The Bertz CT molecular complexity index is 2120. The van der Waals surface area contributed by atoms with Crippen LogP contribution in [-0.2, 0) is 16.1 Å². The minimum absolute atomic E-state index is 0.165. The fraction of sp³-hybridized carbons (Fsp3) is 0.222. The molecule has 0 aliphatic carbocycles. The zero-order chi connectivity index (χ0) is 36.7. The van der Waals surface area contributed by atoms with Crippen molar-refractivity contribution in [3.8, 4) is 22.6 Å². The number of benzene rings is 5. The lowest BCUT2D eigenvalue weighted by molar-refractivity contribution is -0.136. The summed E-state index contributed by atoms with van der Waals surface area (Å²) in [6.07, 6.45) is 3.31. The van der Waals surface area contributed by atoms with Crippen LogP contribution in [-0.4, -0.2) is 46.9 Å². The lowest BCUT2D eigenvalue weighted by atomic mass is 9.88. The number of nitrogens with one attached hydrogen (secondary N) is 2. The molecule has 2 heterocycles. The lowest BCUT2D eigenvalue weighted by Crippen LogP contribution is -2.52. The largest absolute Gasteiger partial charge is 0.508 e. The quantitative estimate of drug-likeness (QED) is 0.0645. The molecule has 0 bridgehead atoms. The zero-order valence-corrected chi connectivity index (χ0v) is 29.8. The number of anilines is 1. The van der Waals surface area contributed by atoms with Gasteiger partial charge in [0.05, 0.1) is 6.61 Å². The number of phenolic OH excluding ortho intramolecular Hbond substituents is 1. The second-order valence-corrected chi connectivity index (χ2v) is 13.5. The summed E-state index contributed by atoms with van der Waals surface area (Å²) in [4.78, 5) is 38.6. The van der Waals surface area contributed by atoms with Crippen LogP contribution in [0.2, 0.25) is 0 Å². The van der Waals surface area contributed by atoms with Crippen LogP contribution in [0.3, 0.4) is 0 Å². The molecular weight excluding hydrogens is 663 g/mol. The van der Waals surface area contributed by atoms with Gasteiger partial charge in [-0.2, -0.15) is 0 Å². The first-order valence-corrected chi connectivity index (χ1v) is 18.3. The molecule has 3 N–H and O–H groups in total. The summed E-state index contributed by atoms with van der Waals surface area (Å²) >= 11 is 0. The number of hydrogen-bond acceptors (Lipinski definition) is 6. The molecule has 2 aliphatic heterocycles. The van der Waals surface area contributed by atoms with Gasteiger partial charge in [-0.15, -0.1) is 0 Å². The van der Waals surface area contributed by atoms with Gasteiger partial charge in [0, 0.05) is 30.8 Å². The van der Waals surface area contributed by atoms with Gasteiger partial charge in [-0.25, -0.2) is 0 Å². The normalized spacial score (nSPS) is 15.8. The molecule has 0 radical (unpaired) electrons. The number of rotatable bonds is 13. The Morgan fingerprint density at radius 1 is 0.811 bits per heavy atom. The number of phenols is 1. The van der Waals surface area contributed by atoms with Crippen molar-refractivity contribution in [3.63, 3.8) is 0 Å². The first kappa shape index (κ1) is 35.3. The fourth-order valence-corrected chi connectivity index (χ4v) is 7.21. The minimum atomic E-state index is -0.617. The number of fused-ring (bicyclic) bond motifs is 1. The number of carbonyl (C=O) groups excluding carboxylic acids is 3. The van der Waals surface area contributed by atoms with E-state index in [2.05, 4.69) is 78.2 Å². The van der Waals surface area contributed by atoms with Crippen molar-refractivity contribution < 1.29 is 24.2 Å². The van der Waals surface area contributed by atoms with Crippen LogP contribution in [0.15, 0.2) is 121 Å². The predicted molar refractivity (Wildman–Crippen MR) is 208 cm³/mol. The zero-order valence-electron chi connectivity index (χ0n) is 29.8. The summed E-state index contributed by atoms with van der Waals surface area (Å²) in [5, 5.41) is 15.8. The van der Waals surface area contributed by atoms with Gasteiger partial charge < -0.3 is 20.1 Å². The number of imide groups is 1. The molecule has 3 amide bonds. The summed E-state index contributed by atoms with van der Waals surface area (Å²) in [6, 6.07) is 39.6. The number of carbonyl (C=O) groups is 3. The minimum Gasteiger partial charge on any atom is -0.508 e. The number of hydrogen-bond donors (Lipinski definition) is 3. The number of allylic oxidation sites excluding steroid dienone is 1. The Balaban J connectivity index is 0.897. The molecule has 8 nitrogen and oxygen atoms in total. The summed E-state index contributed by atoms with van der Waals surface area (Å²) in [7, 11) is 0. The maximum atomic E-state index is 13.1. The number of piperidine rings is 1. The first-order valence-electron chi connectivity index (χ1n) is 18.3. The van der Waals surface area contributed by atoms with Gasteiger partial charge in [0.1, 0.15) is 17.5 Å². The van der Waals surface area contributed by atoms with E-state index in [1.807, 2.05) is 48.5 Å². The van der Waals surface area contributed by atoms with Crippen LogP contribution >= 0.6 is 0 Å². The molecule has 1 fully saturated rings. The van der Waals surface area contributed by atoms with E-state index in [1.54, 1.807) is 17.0 Å². The first-order chi connectivity index (χ1) is 25.9. The van der Waals surface area contributed by atoms with Crippen molar-refractivity contribution in [2.45, 2.75) is 51.6 Å². The van der Waals surface area contributed by atoms with E-state index in [0.717, 1.165) is 70.6 Å². The van der Waals surface area contributed by atoms with Crippen LogP contribution in [0.5, 0.6) is 11.5 Å². The third kappa shape index (κ3) is 8.02. The third-order valence-electron chi connectivity index (χ3n) is 9.99. The highest BCUT2D eigenvalue weighted by molar-refractivity contribution is 6.05. The molecule has 5 aromatic carbocycles. The fourth-order valence-electron chi connectivity index (χ4n) is 7.21. The molecule has 1 saturated heterocycles. The molecule has 0 spiro atoms. The topological polar surface area (TPSA) is 108 Å². The molecule has 1 unspecified atom stereocenters. The molecular formula is C45H43N3O5. The maximum absolute atomic E-state index is 13.1. The van der Waals surface area contributed by atoms with E-state index in [4.69, 9.17) is 4.74 Å². The summed E-state index contributed by atoms with van der Waals surface area (Å²) in [5.41, 5.74) is 10.3. The smallest absolute Gasteiger partial charge is 0.255 e. The van der Waals surface area contributed by atoms with E-state index in [0.29, 0.717) is 25.1 Å². The van der Waals surface area contributed by atoms with E-state index in [9.17, 15) is 19.5 Å². The van der Waals surface area contributed by atoms with Crippen LogP contribution in [0.1, 0.15) is 71.6 Å². The van der Waals surface area contributed by atoms with Crippen molar-refractivity contribution in [1.29, 1.82) is 0 Å². The number of aromatic hydroxyl groups is 1. The van der Waals surface area contributed by atoms with E-state index < -0.39 is 11.9 Å². The average Bonchev–Trinajstić information content (AvgIpc) is 3.51. The predicted octanol–water partition coefficient (Wildman–Crippen LogP) is 8.46. The Morgan fingerprint density at radius 2 is 1.51 bits per heavy atom. The molecule has 2 aliphatic rings. The SMILES string of the molecule is CC/C(=C(\c1ccc(O)cc1)c1ccc(OCCCCNc2ccc(-c3ccc4c(c3)CN(C3CCC(=O)NC3=O)C4=O)cc2)cc1)c1ccccc1. The van der Waals surface area contributed by atoms with E-state index >= 15 is 0 Å². The van der Waals surface area contributed by atoms with Crippen molar-refractivity contribution in [2.24, 2.45) is 0 Å². The number of nitrogens with zero attached hydrogens (tertiary/aromatic N) is 1. The highest BCUT2D eigenvalue weighted by Gasteiger charge is 2.39. The van der Waals surface area contributed by atoms with E-state index in [-0.39, 0.29) is 24.0 Å². The summed E-state index contributed by atoms with van der Waals surface area (Å²) in [5.74, 6) is 0.228. The summed E-state index contributed by atoms with van der Waals surface area (Å²) in [6.45, 7) is 3.97. The van der Waals surface area contributed by atoms with Crippen LogP contribution < -0.4 is 15.4 Å². The van der Waals surface area contributed by atoms with E-state index in [1.165, 1.54) is 11.1 Å². The number of unbranched alkanes of at least 4 members (excludes halogenated alkanes) is 1. The number of amides is 3. The number of ether oxygens (including phenoxy) is 1. The van der Waals surface area contributed by atoms with Gasteiger partial charge in [0.25, 0.3) is 5.91 Å². The maximum Gasteiger partial charge on any atom is 0.255 e. The van der Waals surface area contributed by atoms with Crippen LogP contribution in [0.4, 0.5) is 5.69 Å². The Hall–Kier alpha value is -6.15. The van der Waals surface area contributed by atoms with Crippen molar-refractivity contribution in [1.82, 2.24) is 10.2 Å². The van der Waals surface area contributed by atoms with Crippen molar-refractivity contribution in [2.75, 3.05) is 18.5 Å². The average molecular weight is 706 g/mol. The van der Waals surface area contributed by atoms with Gasteiger partial charge in [0.2, 0.25) is 11.8 Å². The van der Waals surface area contributed by atoms with Gasteiger partial charge >= 0.3 is 0 Å². The monoisotopic (exact) mass is 705 g/mol. The molecule has 0 aromatic heterocycles. The molecule has 5 aromatic rings. The second-order valence-electron chi connectivity index (χ2n) is 13.5. The van der Waals surface area contributed by atoms with Crippen molar-refractivity contribution >= 4 is 34.6 Å². The molecule has 7 rings (SSSR count). The highest BCUT2D eigenvalue weighted by Crippen LogP contribution is 2.36. The second kappa shape index (κ2) is 16.0.